The van der Waals surface area contributed by atoms with Gasteiger partial charge in [0.25, 0.3) is 0 Å². The Morgan fingerprint density at radius 2 is 2.00 bits per heavy atom. The van der Waals surface area contributed by atoms with Gasteiger partial charge in [-0.15, -0.1) is 6.58 Å². The molecular weight excluding hydrogens is 240 g/mol. The first-order chi connectivity index (χ1) is 9.74. The molecule has 1 aliphatic rings. The number of fused-ring (bicyclic) bond motifs is 1. The molecule has 0 saturated carbocycles. The van der Waals surface area contributed by atoms with Crippen molar-refractivity contribution in [1.29, 1.82) is 0 Å². The van der Waals surface area contributed by atoms with Gasteiger partial charge in [0.05, 0.1) is 0 Å². The second-order valence-electron chi connectivity index (χ2n) is 5.42. The van der Waals surface area contributed by atoms with Crippen LogP contribution in [0.15, 0.2) is 36.9 Å². The summed E-state index contributed by atoms with van der Waals surface area (Å²) in [7, 11) is 0. The van der Waals surface area contributed by atoms with Gasteiger partial charge in [0.2, 0.25) is 0 Å². The fourth-order valence-corrected chi connectivity index (χ4v) is 2.84. The monoisotopic (exact) mass is 270 g/mol. The summed E-state index contributed by atoms with van der Waals surface area (Å²) in [5.41, 5.74) is 5.92. The van der Waals surface area contributed by atoms with E-state index in [1.165, 1.54) is 42.4 Å². The Kier molecular flexibility index (Phi) is 7.36. The fourth-order valence-electron chi connectivity index (χ4n) is 2.84. The average Bonchev–Trinajstić information content (AvgIpc) is 2.88. The molecule has 20 heavy (non-hydrogen) atoms. The Labute approximate surface area is 125 Å². The minimum Gasteiger partial charge on any atom is -0.103 e. The quantitative estimate of drug-likeness (QED) is 0.529. The van der Waals surface area contributed by atoms with E-state index < -0.39 is 0 Å². The lowest BCUT2D eigenvalue weighted by atomic mass is 9.93. The number of benzene rings is 1. The van der Waals surface area contributed by atoms with Crippen molar-refractivity contribution in [2.24, 2.45) is 5.92 Å². The van der Waals surface area contributed by atoms with Gasteiger partial charge in [-0.2, -0.15) is 0 Å². The Hall–Kier alpha value is -1.30. The van der Waals surface area contributed by atoms with Crippen molar-refractivity contribution in [1.82, 2.24) is 0 Å². The number of hydrogen-bond acceptors (Lipinski definition) is 0. The molecule has 1 aliphatic carbocycles. The van der Waals surface area contributed by atoms with Gasteiger partial charge in [-0.3, -0.25) is 0 Å². The molecule has 1 aromatic rings. The Bertz CT molecular complexity index is 451. The summed E-state index contributed by atoms with van der Waals surface area (Å²) in [6.45, 7) is 12.4. The first-order valence-electron chi connectivity index (χ1n) is 8.16. The smallest absolute Gasteiger partial charge is 0.00854 e. The van der Waals surface area contributed by atoms with Crippen LogP contribution in [0.25, 0.3) is 5.57 Å². The molecule has 0 N–H and O–H groups in total. The molecule has 0 aliphatic heterocycles. The van der Waals surface area contributed by atoms with Crippen LogP contribution >= 0.6 is 0 Å². The van der Waals surface area contributed by atoms with Crippen LogP contribution in [0.1, 0.15) is 63.1 Å². The maximum atomic E-state index is 3.96. The minimum atomic E-state index is 0.685. The lowest BCUT2D eigenvalue weighted by Crippen LogP contribution is -1.96. The summed E-state index contributed by atoms with van der Waals surface area (Å²) in [6.07, 6.45) is 10.6. The van der Waals surface area contributed by atoms with Gasteiger partial charge < -0.3 is 0 Å². The van der Waals surface area contributed by atoms with E-state index >= 15 is 0 Å². The largest absolute Gasteiger partial charge is 0.103 e. The molecule has 0 fully saturated rings. The van der Waals surface area contributed by atoms with Crippen molar-refractivity contribution in [3.63, 3.8) is 0 Å². The molecule has 0 aromatic heterocycles. The molecule has 0 bridgehead atoms. The summed E-state index contributed by atoms with van der Waals surface area (Å²) < 4.78 is 0. The van der Waals surface area contributed by atoms with Crippen LogP contribution in [0.3, 0.4) is 0 Å². The molecular formula is C20H30. The highest BCUT2D eigenvalue weighted by molar-refractivity contribution is 5.73. The molecule has 1 atom stereocenters. The first kappa shape index (κ1) is 16.8. The average molecular weight is 270 g/mol. The van der Waals surface area contributed by atoms with Crippen LogP contribution in [0, 0.1) is 12.8 Å². The minimum absolute atomic E-state index is 0.685. The Morgan fingerprint density at radius 1 is 1.25 bits per heavy atom. The van der Waals surface area contributed by atoms with Crippen LogP contribution in [-0.4, -0.2) is 0 Å². The van der Waals surface area contributed by atoms with Crippen molar-refractivity contribution >= 4 is 5.57 Å². The fraction of sp³-hybridized carbons (Fsp3) is 0.500. The van der Waals surface area contributed by atoms with E-state index in [2.05, 4.69) is 50.8 Å². The standard InChI is InChI=1S/C18H24.C2H6/c1-4-6-15(5-2)8-10-17-12-11-16-9-7-14(3)13-18(16)17;1-2/h5,7,9,12-13,15H,2,4,6,8,10-11H2,1,3H3;1-2H3. The molecule has 1 unspecified atom stereocenters. The van der Waals surface area contributed by atoms with E-state index in [-0.39, 0.29) is 0 Å². The Morgan fingerprint density at radius 3 is 2.65 bits per heavy atom. The number of rotatable bonds is 6. The van der Waals surface area contributed by atoms with Crippen molar-refractivity contribution < 1.29 is 0 Å². The second-order valence-corrected chi connectivity index (χ2v) is 5.42. The zero-order valence-corrected chi connectivity index (χ0v) is 13.7. The van der Waals surface area contributed by atoms with Gasteiger partial charge in [-0.1, -0.05) is 63.1 Å². The van der Waals surface area contributed by atoms with Crippen LogP contribution < -0.4 is 0 Å². The summed E-state index contributed by atoms with van der Waals surface area (Å²) in [5.74, 6) is 0.685. The maximum absolute atomic E-state index is 3.96. The molecule has 0 heterocycles. The molecule has 110 valence electrons. The highest BCUT2D eigenvalue weighted by atomic mass is 14.2. The van der Waals surface area contributed by atoms with E-state index in [0.29, 0.717) is 5.92 Å². The van der Waals surface area contributed by atoms with E-state index in [4.69, 9.17) is 0 Å². The predicted molar refractivity (Wildman–Crippen MR) is 92.0 cm³/mol. The Balaban J connectivity index is 0.000000956. The normalized spacial score (nSPS) is 13.9. The predicted octanol–water partition coefficient (Wildman–Crippen LogP) is 6.34. The topological polar surface area (TPSA) is 0 Å². The first-order valence-corrected chi connectivity index (χ1v) is 8.16. The number of allylic oxidation sites excluding steroid dienone is 3. The van der Waals surface area contributed by atoms with Crippen molar-refractivity contribution in [3.05, 3.63) is 53.6 Å². The summed E-state index contributed by atoms with van der Waals surface area (Å²) in [6, 6.07) is 6.85. The van der Waals surface area contributed by atoms with Gasteiger partial charge in [0.1, 0.15) is 0 Å². The van der Waals surface area contributed by atoms with Gasteiger partial charge in [-0.05, 0) is 55.2 Å². The second kappa shape index (κ2) is 8.79. The molecule has 2 rings (SSSR count). The third-order valence-electron chi connectivity index (χ3n) is 3.96. The van der Waals surface area contributed by atoms with Crippen LogP contribution in [-0.2, 0) is 6.42 Å². The van der Waals surface area contributed by atoms with Gasteiger partial charge >= 0.3 is 0 Å². The third-order valence-corrected chi connectivity index (χ3v) is 3.96. The van der Waals surface area contributed by atoms with Crippen molar-refractivity contribution in [2.75, 3.05) is 0 Å². The zero-order valence-electron chi connectivity index (χ0n) is 13.7. The summed E-state index contributed by atoms with van der Waals surface area (Å²) in [4.78, 5) is 0. The molecule has 0 radical (unpaired) electrons. The van der Waals surface area contributed by atoms with Crippen LogP contribution in [0.2, 0.25) is 0 Å². The van der Waals surface area contributed by atoms with E-state index in [1.54, 1.807) is 5.57 Å². The lowest BCUT2D eigenvalue weighted by Gasteiger charge is -2.12. The van der Waals surface area contributed by atoms with Gasteiger partial charge in [-0.25, -0.2) is 0 Å². The van der Waals surface area contributed by atoms with Crippen LogP contribution in [0.5, 0.6) is 0 Å². The molecule has 1 aromatic carbocycles. The van der Waals surface area contributed by atoms with E-state index in [9.17, 15) is 0 Å². The van der Waals surface area contributed by atoms with Crippen molar-refractivity contribution in [2.45, 2.75) is 59.8 Å². The number of hydrogen-bond donors (Lipinski definition) is 0. The molecule has 0 saturated heterocycles. The van der Waals surface area contributed by atoms with Gasteiger partial charge in [0, 0.05) is 0 Å². The third kappa shape index (κ3) is 4.37. The highest BCUT2D eigenvalue weighted by Gasteiger charge is 2.14. The number of aryl methyl sites for hydroxylation is 1. The molecule has 0 nitrogen and oxygen atoms in total. The lowest BCUT2D eigenvalue weighted by molar-refractivity contribution is 0.546. The van der Waals surface area contributed by atoms with E-state index in [0.717, 1.165) is 6.42 Å². The maximum Gasteiger partial charge on any atom is -0.00854 e. The van der Waals surface area contributed by atoms with Crippen molar-refractivity contribution in [3.8, 4) is 0 Å². The zero-order chi connectivity index (χ0) is 15.0. The van der Waals surface area contributed by atoms with Crippen LogP contribution in [0.4, 0.5) is 0 Å². The highest BCUT2D eigenvalue weighted by Crippen LogP contribution is 2.33. The van der Waals surface area contributed by atoms with Gasteiger partial charge in [0.15, 0.2) is 0 Å². The SMILES string of the molecule is C=CC(CCC)CCC1=CCc2ccc(C)cc21.CC. The molecule has 0 amide bonds. The summed E-state index contributed by atoms with van der Waals surface area (Å²) >= 11 is 0. The summed E-state index contributed by atoms with van der Waals surface area (Å²) in [5, 5.41) is 0. The molecule has 0 spiro atoms. The van der Waals surface area contributed by atoms with E-state index in [1.807, 2.05) is 13.8 Å². The molecule has 0 heteroatoms.